The van der Waals surface area contributed by atoms with Crippen LogP contribution in [0.2, 0.25) is 5.02 Å². The smallest absolute Gasteiger partial charge is 0.322 e. The third-order valence-electron chi connectivity index (χ3n) is 2.61. The van der Waals surface area contributed by atoms with Crippen LogP contribution in [-0.2, 0) is 20.4 Å². The molecule has 106 valence electrons. The average Bonchev–Trinajstić information content (AvgIpc) is 2.20. The van der Waals surface area contributed by atoms with Gasteiger partial charge < -0.3 is 5.11 Å². The van der Waals surface area contributed by atoms with Crippen LogP contribution in [0.15, 0.2) is 22.7 Å². The number of carboxylic acid groups (broad SMARTS) is 1. The SMILES string of the molecule is CC(C)C(C(=O)O)S(=O)(=O)Cc1ccc(Br)cc1Cl. The molecule has 1 aromatic carbocycles. The molecule has 1 unspecified atom stereocenters. The molecule has 0 bridgehead atoms. The fraction of sp³-hybridized carbons (Fsp3) is 0.417. The second-order valence-electron chi connectivity index (χ2n) is 4.55. The van der Waals surface area contributed by atoms with Gasteiger partial charge in [0.15, 0.2) is 15.1 Å². The summed E-state index contributed by atoms with van der Waals surface area (Å²) in [5, 5.41) is 7.92. The fourth-order valence-corrected chi connectivity index (χ4v) is 4.62. The average molecular weight is 370 g/mol. The monoisotopic (exact) mass is 368 g/mol. The number of carbonyl (C=O) groups is 1. The van der Waals surface area contributed by atoms with Crippen LogP contribution in [0.4, 0.5) is 0 Å². The summed E-state index contributed by atoms with van der Waals surface area (Å²) in [5.74, 6) is -2.21. The summed E-state index contributed by atoms with van der Waals surface area (Å²) in [5.41, 5.74) is 0.400. The normalized spacial score (nSPS) is 13.5. The van der Waals surface area contributed by atoms with E-state index >= 15 is 0 Å². The van der Waals surface area contributed by atoms with Crippen LogP contribution in [0.1, 0.15) is 19.4 Å². The lowest BCUT2D eigenvalue weighted by molar-refractivity contribution is -0.137. The first kappa shape index (κ1) is 16.5. The Balaban J connectivity index is 3.11. The minimum Gasteiger partial charge on any atom is -0.480 e. The number of hydrogen-bond donors (Lipinski definition) is 1. The quantitative estimate of drug-likeness (QED) is 0.865. The van der Waals surface area contributed by atoms with E-state index in [1.165, 1.54) is 0 Å². The molecule has 0 aliphatic carbocycles. The van der Waals surface area contributed by atoms with Gasteiger partial charge in [-0.25, -0.2) is 8.42 Å². The van der Waals surface area contributed by atoms with E-state index < -0.39 is 27.0 Å². The van der Waals surface area contributed by atoms with Gasteiger partial charge in [-0.3, -0.25) is 4.79 Å². The number of halogens is 2. The summed E-state index contributed by atoms with van der Waals surface area (Å²) in [6.45, 7) is 3.14. The second-order valence-corrected chi connectivity index (χ2v) is 7.99. The number of benzene rings is 1. The van der Waals surface area contributed by atoms with Gasteiger partial charge in [-0.15, -0.1) is 0 Å². The molecular formula is C12H14BrClO4S. The van der Waals surface area contributed by atoms with Crippen molar-refractivity contribution in [3.05, 3.63) is 33.3 Å². The third kappa shape index (κ3) is 4.19. The van der Waals surface area contributed by atoms with Crippen molar-refractivity contribution in [1.29, 1.82) is 0 Å². The van der Waals surface area contributed by atoms with Gasteiger partial charge in [0.25, 0.3) is 0 Å². The standard InChI is InChI=1S/C12H14BrClO4S/c1-7(2)11(12(15)16)19(17,18)6-8-3-4-9(13)5-10(8)14/h3-5,7,11H,6H2,1-2H3,(H,15,16). The summed E-state index contributed by atoms with van der Waals surface area (Å²) in [7, 11) is -3.81. The molecule has 0 saturated heterocycles. The lowest BCUT2D eigenvalue weighted by Gasteiger charge is -2.17. The van der Waals surface area contributed by atoms with E-state index in [0.29, 0.717) is 10.6 Å². The van der Waals surface area contributed by atoms with E-state index in [1.54, 1.807) is 32.0 Å². The van der Waals surface area contributed by atoms with Crippen molar-refractivity contribution in [2.24, 2.45) is 5.92 Å². The van der Waals surface area contributed by atoms with Gasteiger partial charge in [0.1, 0.15) is 0 Å². The Morgan fingerprint density at radius 1 is 1.42 bits per heavy atom. The van der Waals surface area contributed by atoms with Gasteiger partial charge in [0, 0.05) is 9.50 Å². The minimum absolute atomic E-state index is 0.297. The van der Waals surface area contributed by atoms with Crippen LogP contribution in [0.5, 0.6) is 0 Å². The number of carboxylic acids is 1. The van der Waals surface area contributed by atoms with Crippen LogP contribution in [0.25, 0.3) is 0 Å². The van der Waals surface area contributed by atoms with Gasteiger partial charge in [0.05, 0.1) is 5.75 Å². The van der Waals surface area contributed by atoms with E-state index in [2.05, 4.69) is 15.9 Å². The molecule has 0 fully saturated rings. The fourth-order valence-electron chi connectivity index (χ4n) is 1.80. The van der Waals surface area contributed by atoms with Gasteiger partial charge in [0.2, 0.25) is 0 Å². The summed E-state index contributed by atoms with van der Waals surface area (Å²) in [6.07, 6.45) is 0. The van der Waals surface area contributed by atoms with Gasteiger partial charge in [-0.05, 0) is 23.6 Å². The molecule has 0 aromatic heterocycles. The van der Waals surface area contributed by atoms with Crippen LogP contribution in [0, 0.1) is 5.92 Å². The summed E-state index contributed by atoms with van der Waals surface area (Å²) in [4.78, 5) is 11.1. The molecule has 1 atom stereocenters. The van der Waals surface area contributed by atoms with Crippen molar-refractivity contribution in [1.82, 2.24) is 0 Å². The molecule has 0 spiro atoms. The highest BCUT2D eigenvalue weighted by molar-refractivity contribution is 9.10. The van der Waals surface area contributed by atoms with Gasteiger partial charge in [-0.2, -0.15) is 0 Å². The molecule has 4 nitrogen and oxygen atoms in total. The van der Waals surface area contributed by atoms with E-state index in [9.17, 15) is 13.2 Å². The van der Waals surface area contributed by atoms with Gasteiger partial charge >= 0.3 is 5.97 Å². The highest BCUT2D eigenvalue weighted by atomic mass is 79.9. The topological polar surface area (TPSA) is 71.4 Å². The lowest BCUT2D eigenvalue weighted by atomic mass is 10.1. The molecule has 0 aliphatic heterocycles. The molecule has 0 aliphatic rings. The maximum Gasteiger partial charge on any atom is 0.322 e. The van der Waals surface area contributed by atoms with Crippen molar-refractivity contribution in [3.8, 4) is 0 Å². The van der Waals surface area contributed by atoms with Crippen LogP contribution in [0.3, 0.4) is 0 Å². The van der Waals surface area contributed by atoms with Crippen LogP contribution < -0.4 is 0 Å². The first-order valence-electron chi connectivity index (χ1n) is 5.53. The van der Waals surface area contributed by atoms with Crippen molar-refractivity contribution >= 4 is 43.3 Å². The minimum atomic E-state index is -3.81. The summed E-state index contributed by atoms with van der Waals surface area (Å²) < 4.78 is 25.1. The van der Waals surface area contributed by atoms with E-state index in [4.69, 9.17) is 16.7 Å². The summed E-state index contributed by atoms with van der Waals surface area (Å²) >= 11 is 9.18. The molecular weight excluding hydrogens is 356 g/mol. The number of hydrogen-bond acceptors (Lipinski definition) is 3. The van der Waals surface area contributed by atoms with E-state index in [0.717, 1.165) is 4.47 Å². The zero-order valence-corrected chi connectivity index (χ0v) is 13.6. The Morgan fingerprint density at radius 3 is 2.42 bits per heavy atom. The molecule has 1 rings (SSSR count). The van der Waals surface area contributed by atoms with Crippen molar-refractivity contribution in [2.45, 2.75) is 24.9 Å². The largest absolute Gasteiger partial charge is 0.480 e. The Morgan fingerprint density at radius 2 is 2.00 bits per heavy atom. The number of sulfone groups is 1. The molecule has 19 heavy (non-hydrogen) atoms. The Labute approximate surface area is 125 Å². The first-order valence-corrected chi connectivity index (χ1v) is 8.42. The summed E-state index contributed by atoms with van der Waals surface area (Å²) in [6, 6.07) is 4.82. The Kier molecular flexibility index (Phi) is 5.41. The molecule has 1 N–H and O–H groups in total. The maximum absolute atomic E-state index is 12.2. The molecule has 0 amide bonds. The van der Waals surface area contributed by atoms with Crippen LogP contribution in [-0.4, -0.2) is 24.7 Å². The number of rotatable bonds is 5. The van der Waals surface area contributed by atoms with Gasteiger partial charge in [-0.1, -0.05) is 47.4 Å². The maximum atomic E-state index is 12.2. The zero-order chi connectivity index (χ0) is 14.8. The zero-order valence-electron chi connectivity index (χ0n) is 10.4. The molecule has 0 radical (unpaired) electrons. The highest BCUT2D eigenvalue weighted by Crippen LogP contribution is 2.25. The third-order valence-corrected chi connectivity index (χ3v) is 5.69. The lowest BCUT2D eigenvalue weighted by Crippen LogP contribution is -2.35. The van der Waals surface area contributed by atoms with E-state index in [1.807, 2.05) is 0 Å². The Bertz CT molecular complexity index is 583. The second kappa shape index (κ2) is 6.24. The van der Waals surface area contributed by atoms with Crippen molar-refractivity contribution < 1.29 is 18.3 Å². The predicted octanol–water partition coefficient (Wildman–Crippen LogP) is 3.13. The van der Waals surface area contributed by atoms with Crippen molar-refractivity contribution in [3.63, 3.8) is 0 Å². The van der Waals surface area contributed by atoms with Crippen molar-refractivity contribution in [2.75, 3.05) is 0 Å². The molecule has 1 aromatic rings. The highest BCUT2D eigenvalue weighted by Gasteiger charge is 2.35. The first-order chi connectivity index (χ1) is 8.65. The molecule has 0 heterocycles. The molecule has 7 heteroatoms. The van der Waals surface area contributed by atoms with E-state index in [-0.39, 0.29) is 5.75 Å². The molecule has 0 saturated carbocycles. The van der Waals surface area contributed by atoms with Crippen LogP contribution >= 0.6 is 27.5 Å². The predicted molar refractivity (Wildman–Crippen MR) is 78.0 cm³/mol. The Hall–Kier alpha value is -0.590. The number of aliphatic carboxylic acids is 1.